The third kappa shape index (κ3) is 6.30. The molecule has 24 heavy (non-hydrogen) atoms. The van der Waals surface area contributed by atoms with Crippen molar-refractivity contribution >= 4 is 23.2 Å². The van der Waals surface area contributed by atoms with Gasteiger partial charge in [0, 0.05) is 34.3 Å². The Labute approximate surface area is 152 Å². The fourth-order valence-electron chi connectivity index (χ4n) is 2.13. The number of benzene rings is 2. The summed E-state index contributed by atoms with van der Waals surface area (Å²) in [7, 11) is 0. The Morgan fingerprint density at radius 1 is 1.00 bits per heavy atom. The minimum atomic E-state index is 0.0360. The van der Waals surface area contributed by atoms with Crippen LogP contribution in [0, 0.1) is 0 Å². The fourth-order valence-corrected chi connectivity index (χ4v) is 2.52. The monoisotopic (exact) mass is 369 g/mol. The van der Waals surface area contributed by atoms with Crippen LogP contribution in [0.2, 0.25) is 10.0 Å². The molecule has 0 bridgehead atoms. The highest BCUT2D eigenvalue weighted by Crippen LogP contribution is 2.25. The van der Waals surface area contributed by atoms with Crippen LogP contribution in [0.25, 0.3) is 0 Å². The van der Waals surface area contributed by atoms with E-state index in [1.54, 1.807) is 6.07 Å². The molecule has 0 spiro atoms. The van der Waals surface area contributed by atoms with Crippen LogP contribution in [-0.4, -0.2) is 31.5 Å². The number of halogens is 2. The van der Waals surface area contributed by atoms with Gasteiger partial charge in [0.25, 0.3) is 0 Å². The van der Waals surface area contributed by atoms with Gasteiger partial charge in [0.15, 0.2) is 0 Å². The molecule has 2 aromatic carbocycles. The molecule has 0 saturated heterocycles. The van der Waals surface area contributed by atoms with Crippen molar-refractivity contribution in [3.63, 3.8) is 0 Å². The number of aliphatic hydroxyl groups is 1. The van der Waals surface area contributed by atoms with Gasteiger partial charge in [-0.2, -0.15) is 0 Å². The fraction of sp³-hybridized carbons (Fsp3) is 0.333. The summed E-state index contributed by atoms with van der Waals surface area (Å²) in [5.74, 6) is 0.767. The van der Waals surface area contributed by atoms with Gasteiger partial charge in [-0.3, -0.25) is 0 Å². The molecule has 0 aliphatic heterocycles. The van der Waals surface area contributed by atoms with Crippen LogP contribution in [0.4, 0.5) is 0 Å². The van der Waals surface area contributed by atoms with Gasteiger partial charge in [-0.1, -0.05) is 41.4 Å². The number of rotatable bonds is 10. The molecule has 0 amide bonds. The van der Waals surface area contributed by atoms with Crippen LogP contribution >= 0.6 is 23.2 Å². The van der Waals surface area contributed by atoms with Crippen molar-refractivity contribution in [3.8, 4) is 5.75 Å². The van der Waals surface area contributed by atoms with Gasteiger partial charge in [-0.25, -0.2) is 0 Å². The summed E-state index contributed by atoms with van der Waals surface area (Å²) in [4.78, 5) is 0. The van der Waals surface area contributed by atoms with Crippen molar-refractivity contribution in [2.75, 3.05) is 26.4 Å². The summed E-state index contributed by atoms with van der Waals surface area (Å²) in [6.45, 7) is 2.61. The lowest BCUT2D eigenvalue weighted by atomic mass is 10.2. The average Bonchev–Trinajstić information content (AvgIpc) is 2.58. The zero-order valence-corrected chi connectivity index (χ0v) is 14.8. The van der Waals surface area contributed by atoms with E-state index < -0.39 is 0 Å². The summed E-state index contributed by atoms with van der Waals surface area (Å²) >= 11 is 12.2. The highest BCUT2D eigenvalue weighted by molar-refractivity contribution is 6.31. The number of hydrogen-bond donors (Lipinski definition) is 2. The summed E-state index contributed by atoms with van der Waals surface area (Å²) in [5.41, 5.74) is 1.90. The van der Waals surface area contributed by atoms with Gasteiger partial charge in [-0.05, 0) is 24.3 Å². The first-order valence-electron chi connectivity index (χ1n) is 7.74. The molecule has 0 radical (unpaired) electrons. The maximum absolute atomic E-state index is 8.65. The standard InChI is InChI=1S/C18H21Cl2NO3/c19-16-5-6-18(24-13-14-3-1-2-4-17(14)20)15(11-16)12-21-7-9-23-10-8-22/h1-6,11,21-22H,7-10,12-13H2. The van der Waals surface area contributed by atoms with Gasteiger partial charge in [0.1, 0.15) is 12.4 Å². The van der Waals surface area contributed by atoms with Crippen LogP contribution in [0.5, 0.6) is 5.75 Å². The smallest absolute Gasteiger partial charge is 0.124 e. The third-order valence-electron chi connectivity index (χ3n) is 3.34. The van der Waals surface area contributed by atoms with Crippen molar-refractivity contribution in [1.29, 1.82) is 0 Å². The Kier molecular flexibility index (Phi) is 8.36. The van der Waals surface area contributed by atoms with Crippen molar-refractivity contribution in [2.45, 2.75) is 13.2 Å². The van der Waals surface area contributed by atoms with Gasteiger partial charge in [0.2, 0.25) is 0 Å². The quantitative estimate of drug-likeness (QED) is 0.627. The molecule has 0 fully saturated rings. The van der Waals surface area contributed by atoms with E-state index in [1.165, 1.54) is 0 Å². The van der Waals surface area contributed by atoms with E-state index in [0.29, 0.717) is 43.0 Å². The molecule has 130 valence electrons. The molecule has 2 N–H and O–H groups in total. The van der Waals surface area contributed by atoms with Crippen molar-refractivity contribution in [3.05, 3.63) is 63.6 Å². The normalized spacial score (nSPS) is 10.8. The molecule has 2 aromatic rings. The van der Waals surface area contributed by atoms with Crippen LogP contribution < -0.4 is 10.1 Å². The summed E-state index contributed by atoms with van der Waals surface area (Å²) in [6, 6.07) is 13.1. The second kappa shape index (κ2) is 10.5. The first kappa shape index (κ1) is 19.0. The summed E-state index contributed by atoms with van der Waals surface area (Å²) in [6.07, 6.45) is 0. The third-order valence-corrected chi connectivity index (χ3v) is 3.94. The highest BCUT2D eigenvalue weighted by Gasteiger charge is 2.07. The highest BCUT2D eigenvalue weighted by atomic mass is 35.5. The van der Waals surface area contributed by atoms with E-state index >= 15 is 0 Å². The van der Waals surface area contributed by atoms with Crippen molar-refractivity contribution in [2.24, 2.45) is 0 Å². The second-order valence-corrected chi connectivity index (χ2v) is 5.99. The Bertz CT molecular complexity index is 637. The molecule has 0 unspecified atom stereocenters. The van der Waals surface area contributed by atoms with Crippen LogP contribution in [0.15, 0.2) is 42.5 Å². The SMILES string of the molecule is OCCOCCNCc1cc(Cl)ccc1OCc1ccccc1Cl. The Morgan fingerprint density at radius 2 is 1.83 bits per heavy atom. The van der Waals surface area contributed by atoms with Gasteiger partial charge in [0.05, 0.1) is 19.8 Å². The maximum Gasteiger partial charge on any atom is 0.124 e. The zero-order valence-electron chi connectivity index (χ0n) is 13.3. The summed E-state index contributed by atoms with van der Waals surface area (Å²) in [5, 5.41) is 13.3. The predicted octanol–water partition coefficient (Wildman–Crippen LogP) is 3.67. The largest absolute Gasteiger partial charge is 0.489 e. The average molecular weight is 370 g/mol. The first-order valence-corrected chi connectivity index (χ1v) is 8.50. The van der Waals surface area contributed by atoms with E-state index in [4.69, 9.17) is 37.8 Å². The molecule has 0 saturated carbocycles. The van der Waals surface area contributed by atoms with E-state index in [9.17, 15) is 0 Å². The van der Waals surface area contributed by atoms with Gasteiger partial charge in [-0.15, -0.1) is 0 Å². The van der Waals surface area contributed by atoms with Crippen molar-refractivity contribution in [1.82, 2.24) is 5.32 Å². The summed E-state index contributed by atoms with van der Waals surface area (Å²) < 4.78 is 11.1. The van der Waals surface area contributed by atoms with Gasteiger partial charge >= 0.3 is 0 Å². The number of hydrogen-bond acceptors (Lipinski definition) is 4. The lowest BCUT2D eigenvalue weighted by Crippen LogP contribution is -2.20. The number of aliphatic hydroxyl groups excluding tert-OH is 1. The minimum Gasteiger partial charge on any atom is -0.489 e. The topological polar surface area (TPSA) is 50.7 Å². The van der Waals surface area contributed by atoms with E-state index in [-0.39, 0.29) is 6.61 Å². The lowest BCUT2D eigenvalue weighted by Gasteiger charge is -2.13. The van der Waals surface area contributed by atoms with E-state index in [0.717, 1.165) is 16.9 Å². The molecule has 6 heteroatoms. The Hall–Kier alpha value is -1.30. The van der Waals surface area contributed by atoms with Crippen molar-refractivity contribution < 1.29 is 14.6 Å². The van der Waals surface area contributed by atoms with Crippen LogP contribution in [0.1, 0.15) is 11.1 Å². The zero-order chi connectivity index (χ0) is 17.2. The first-order chi connectivity index (χ1) is 11.7. The van der Waals surface area contributed by atoms with E-state index in [1.807, 2.05) is 36.4 Å². The molecule has 0 heterocycles. The molecule has 4 nitrogen and oxygen atoms in total. The Morgan fingerprint density at radius 3 is 2.62 bits per heavy atom. The number of ether oxygens (including phenoxy) is 2. The van der Waals surface area contributed by atoms with Crippen LogP contribution in [0.3, 0.4) is 0 Å². The Balaban J connectivity index is 1.91. The van der Waals surface area contributed by atoms with Gasteiger partial charge < -0.3 is 19.9 Å². The molecular formula is C18H21Cl2NO3. The molecular weight excluding hydrogens is 349 g/mol. The minimum absolute atomic E-state index is 0.0360. The maximum atomic E-state index is 8.65. The number of nitrogens with one attached hydrogen (secondary N) is 1. The second-order valence-electron chi connectivity index (χ2n) is 5.14. The molecule has 0 atom stereocenters. The van der Waals surface area contributed by atoms with E-state index in [2.05, 4.69) is 5.32 Å². The molecule has 0 aliphatic carbocycles. The molecule has 0 aromatic heterocycles. The molecule has 0 aliphatic rings. The predicted molar refractivity (Wildman–Crippen MR) is 96.8 cm³/mol. The lowest BCUT2D eigenvalue weighted by molar-refractivity contribution is 0.0937. The molecule has 2 rings (SSSR count). The van der Waals surface area contributed by atoms with Crippen LogP contribution in [-0.2, 0) is 17.9 Å².